The molecule has 2 aromatic heterocycles. The standard InChI is InChI=1S/C25H24N6O3/c1-14-5-7-16(8-6-14)20-13-26-29-25(27-20)31-24-23(15(2)30-31)19(12-22(32)28-24)18-11-17(33-3)9-10-21(18)34-4/h5-11,13,19H,12H2,1-4H3,(H,28,32). The minimum absolute atomic E-state index is 0.133. The van der Waals surface area contributed by atoms with Crippen LogP contribution < -0.4 is 14.8 Å². The van der Waals surface area contributed by atoms with Gasteiger partial charge in [-0.2, -0.15) is 14.9 Å². The molecule has 2 aromatic carbocycles. The maximum absolute atomic E-state index is 12.8. The van der Waals surface area contributed by atoms with Gasteiger partial charge in [-0.15, -0.1) is 5.10 Å². The molecule has 0 saturated heterocycles. The normalized spacial score (nSPS) is 14.9. The molecule has 0 bridgehead atoms. The Morgan fingerprint density at radius 2 is 1.85 bits per heavy atom. The molecule has 1 aliphatic heterocycles. The van der Waals surface area contributed by atoms with Crippen LogP contribution in [0.3, 0.4) is 0 Å². The molecule has 0 radical (unpaired) electrons. The molecular weight excluding hydrogens is 432 g/mol. The molecule has 9 heteroatoms. The van der Waals surface area contributed by atoms with E-state index in [-0.39, 0.29) is 24.2 Å². The van der Waals surface area contributed by atoms with Gasteiger partial charge in [0.2, 0.25) is 5.91 Å². The lowest BCUT2D eigenvalue weighted by atomic mass is 9.85. The molecule has 0 saturated carbocycles. The molecule has 0 spiro atoms. The van der Waals surface area contributed by atoms with Crippen LogP contribution in [0, 0.1) is 13.8 Å². The monoisotopic (exact) mass is 456 g/mol. The van der Waals surface area contributed by atoms with Gasteiger partial charge in [-0.25, -0.2) is 4.98 Å². The summed E-state index contributed by atoms with van der Waals surface area (Å²) in [5, 5.41) is 16.0. The number of hydrogen-bond donors (Lipinski definition) is 1. The molecule has 1 atom stereocenters. The minimum atomic E-state index is -0.268. The van der Waals surface area contributed by atoms with Crippen molar-refractivity contribution in [2.75, 3.05) is 19.5 Å². The molecule has 0 fully saturated rings. The van der Waals surface area contributed by atoms with Crippen LogP contribution in [0.4, 0.5) is 5.82 Å². The molecule has 34 heavy (non-hydrogen) atoms. The smallest absolute Gasteiger partial charge is 0.272 e. The van der Waals surface area contributed by atoms with Crippen LogP contribution in [-0.2, 0) is 4.79 Å². The SMILES string of the molecule is COc1ccc(OC)c(C2CC(=O)Nc3c2c(C)nn3-c2nncc(-c3ccc(C)cc3)n2)c1. The summed E-state index contributed by atoms with van der Waals surface area (Å²) >= 11 is 0. The first kappa shape index (κ1) is 21.6. The van der Waals surface area contributed by atoms with E-state index in [0.717, 1.165) is 27.9 Å². The number of ether oxygens (including phenoxy) is 2. The van der Waals surface area contributed by atoms with Crippen LogP contribution in [-0.4, -0.2) is 45.1 Å². The van der Waals surface area contributed by atoms with Gasteiger partial charge >= 0.3 is 0 Å². The lowest BCUT2D eigenvalue weighted by Crippen LogP contribution is -2.25. The summed E-state index contributed by atoms with van der Waals surface area (Å²) < 4.78 is 12.6. The van der Waals surface area contributed by atoms with Gasteiger partial charge in [-0.05, 0) is 32.0 Å². The molecule has 0 aliphatic carbocycles. The summed E-state index contributed by atoms with van der Waals surface area (Å²) in [6.07, 6.45) is 1.87. The second kappa shape index (κ2) is 8.58. The van der Waals surface area contributed by atoms with E-state index in [1.165, 1.54) is 0 Å². The zero-order chi connectivity index (χ0) is 23.8. The number of fused-ring (bicyclic) bond motifs is 1. The number of aromatic nitrogens is 5. The Morgan fingerprint density at radius 3 is 2.59 bits per heavy atom. The second-order valence-electron chi connectivity index (χ2n) is 8.18. The molecule has 3 heterocycles. The number of carbonyl (C=O) groups excluding carboxylic acids is 1. The van der Waals surface area contributed by atoms with Crippen LogP contribution in [0.2, 0.25) is 0 Å². The largest absolute Gasteiger partial charge is 0.497 e. The van der Waals surface area contributed by atoms with Gasteiger partial charge in [0.05, 0.1) is 31.8 Å². The van der Waals surface area contributed by atoms with Gasteiger partial charge in [-0.1, -0.05) is 29.8 Å². The van der Waals surface area contributed by atoms with Crippen molar-refractivity contribution in [2.45, 2.75) is 26.2 Å². The first-order valence-corrected chi connectivity index (χ1v) is 10.9. The van der Waals surface area contributed by atoms with Gasteiger partial charge in [0.15, 0.2) is 0 Å². The summed E-state index contributed by atoms with van der Waals surface area (Å²) in [6.45, 7) is 3.94. The Balaban J connectivity index is 1.63. The van der Waals surface area contributed by atoms with Gasteiger partial charge < -0.3 is 14.8 Å². The Bertz CT molecular complexity index is 1380. The number of hydrogen-bond acceptors (Lipinski definition) is 7. The van der Waals surface area contributed by atoms with Crippen molar-refractivity contribution >= 4 is 11.7 Å². The zero-order valence-corrected chi connectivity index (χ0v) is 19.4. The summed E-state index contributed by atoms with van der Waals surface area (Å²) in [6, 6.07) is 13.6. The first-order chi connectivity index (χ1) is 16.5. The second-order valence-corrected chi connectivity index (χ2v) is 8.18. The number of nitrogens with zero attached hydrogens (tertiary/aromatic N) is 5. The topological polar surface area (TPSA) is 104 Å². The van der Waals surface area contributed by atoms with Crippen LogP contribution in [0.5, 0.6) is 11.5 Å². The Labute approximate surface area is 196 Å². The molecule has 172 valence electrons. The highest BCUT2D eigenvalue weighted by Gasteiger charge is 2.35. The number of amides is 1. The fraction of sp³-hybridized carbons (Fsp3) is 0.240. The van der Waals surface area contributed by atoms with Gasteiger partial charge in [0, 0.05) is 29.0 Å². The summed E-state index contributed by atoms with van der Waals surface area (Å²) in [5.74, 6) is 1.78. The summed E-state index contributed by atoms with van der Waals surface area (Å²) in [7, 11) is 3.22. The predicted molar refractivity (Wildman–Crippen MR) is 126 cm³/mol. The average Bonchev–Trinajstić information content (AvgIpc) is 3.19. The number of carbonyl (C=O) groups is 1. The van der Waals surface area contributed by atoms with Crippen molar-refractivity contribution in [1.29, 1.82) is 0 Å². The third-order valence-electron chi connectivity index (χ3n) is 6.00. The highest BCUT2D eigenvalue weighted by atomic mass is 16.5. The van der Waals surface area contributed by atoms with Gasteiger partial charge in [0.25, 0.3) is 5.95 Å². The minimum Gasteiger partial charge on any atom is -0.497 e. The molecule has 4 aromatic rings. The van der Waals surface area contributed by atoms with Crippen molar-refractivity contribution in [3.8, 4) is 28.7 Å². The molecule has 9 nitrogen and oxygen atoms in total. The maximum Gasteiger partial charge on any atom is 0.272 e. The molecule has 5 rings (SSSR count). The van der Waals surface area contributed by atoms with Crippen molar-refractivity contribution in [3.63, 3.8) is 0 Å². The first-order valence-electron chi connectivity index (χ1n) is 10.9. The molecule has 1 unspecified atom stereocenters. The summed E-state index contributed by atoms with van der Waals surface area (Å²) in [4.78, 5) is 17.5. The zero-order valence-electron chi connectivity index (χ0n) is 19.4. The number of benzene rings is 2. The van der Waals surface area contributed by atoms with Gasteiger partial charge in [-0.3, -0.25) is 4.79 Å². The number of aryl methyl sites for hydroxylation is 2. The molecular formula is C25H24N6O3. The highest BCUT2D eigenvalue weighted by Crippen LogP contribution is 2.44. The number of nitrogens with one attached hydrogen (secondary N) is 1. The number of methoxy groups -OCH3 is 2. The fourth-order valence-electron chi connectivity index (χ4n) is 4.32. The van der Waals surface area contributed by atoms with Crippen LogP contribution in [0.15, 0.2) is 48.7 Å². The Kier molecular flexibility index (Phi) is 5.45. The molecule has 1 amide bonds. The molecule has 1 aliphatic rings. The quantitative estimate of drug-likeness (QED) is 0.487. The van der Waals surface area contributed by atoms with E-state index in [1.54, 1.807) is 25.1 Å². The van der Waals surface area contributed by atoms with Gasteiger partial charge in [0.1, 0.15) is 17.3 Å². The van der Waals surface area contributed by atoms with E-state index in [2.05, 4.69) is 25.6 Å². The van der Waals surface area contributed by atoms with E-state index in [4.69, 9.17) is 9.47 Å². The molecule has 1 N–H and O–H groups in total. The van der Waals surface area contributed by atoms with Crippen molar-refractivity contribution < 1.29 is 14.3 Å². The summed E-state index contributed by atoms with van der Waals surface area (Å²) in [5.41, 5.74) is 5.24. The Morgan fingerprint density at radius 1 is 1.06 bits per heavy atom. The lowest BCUT2D eigenvalue weighted by Gasteiger charge is -2.25. The number of rotatable bonds is 5. The maximum atomic E-state index is 12.8. The third kappa shape index (κ3) is 3.75. The highest BCUT2D eigenvalue weighted by molar-refractivity contribution is 5.95. The Hall–Kier alpha value is -4.27. The van der Waals surface area contributed by atoms with E-state index in [0.29, 0.717) is 23.0 Å². The van der Waals surface area contributed by atoms with Crippen LogP contribution in [0.25, 0.3) is 17.2 Å². The lowest BCUT2D eigenvalue weighted by molar-refractivity contribution is -0.116. The third-order valence-corrected chi connectivity index (χ3v) is 6.00. The van der Waals surface area contributed by atoms with Crippen molar-refractivity contribution in [3.05, 3.63) is 71.0 Å². The average molecular weight is 457 g/mol. The number of anilines is 1. The van der Waals surface area contributed by atoms with E-state index < -0.39 is 0 Å². The van der Waals surface area contributed by atoms with E-state index in [1.807, 2.05) is 56.3 Å². The van der Waals surface area contributed by atoms with E-state index >= 15 is 0 Å². The predicted octanol–water partition coefficient (Wildman–Crippen LogP) is 3.83. The van der Waals surface area contributed by atoms with Crippen LogP contribution in [0.1, 0.15) is 34.7 Å². The van der Waals surface area contributed by atoms with Crippen molar-refractivity contribution in [2.24, 2.45) is 0 Å². The van der Waals surface area contributed by atoms with Crippen molar-refractivity contribution in [1.82, 2.24) is 25.0 Å². The fourth-order valence-corrected chi connectivity index (χ4v) is 4.32. The van der Waals surface area contributed by atoms with E-state index in [9.17, 15) is 4.79 Å². The van der Waals surface area contributed by atoms with Crippen LogP contribution >= 0.6 is 0 Å².